The van der Waals surface area contributed by atoms with Crippen LogP contribution in [0.3, 0.4) is 0 Å². The molecular formula is C25H26F4N8O2. The molecule has 10 nitrogen and oxygen atoms in total. The van der Waals surface area contributed by atoms with Crippen molar-refractivity contribution in [3.8, 4) is 17.5 Å². The van der Waals surface area contributed by atoms with Gasteiger partial charge in [0.2, 0.25) is 0 Å². The van der Waals surface area contributed by atoms with Gasteiger partial charge in [-0.25, -0.2) is 19.5 Å². The highest BCUT2D eigenvalue weighted by Crippen LogP contribution is 2.29. The van der Waals surface area contributed by atoms with Crippen LogP contribution in [0.2, 0.25) is 0 Å². The summed E-state index contributed by atoms with van der Waals surface area (Å²) in [5.41, 5.74) is 8.21. The number of nitrogens with two attached hydrogens (primary N) is 2. The fourth-order valence-corrected chi connectivity index (χ4v) is 3.23. The predicted molar refractivity (Wildman–Crippen MR) is 137 cm³/mol. The summed E-state index contributed by atoms with van der Waals surface area (Å²) in [7, 11) is 1.95. The zero-order valence-electron chi connectivity index (χ0n) is 21.1. The summed E-state index contributed by atoms with van der Waals surface area (Å²) in [6.45, 7) is 3.04. The van der Waals surface area contributed by atoms with Gasteiger partial charge in [-0.15, -0.1) is 0 Å². The second kappa shape index (κ2) is 13.7. The summed E-state index contributed by atoms with van der Waals surface area (Å²) in [4.78, 5) is 31.9. The van der Waals surface area contributed by atoms with Crippen LogP contribution >= 0.6 is 0 Å². The van der Waals surface area contributed by atoms with Crippen LogP contribution in [0, 0.1) is 17.1 Å². The molecule has 2 heterocycles. The molecular weight excluding hydrogens is 520 g/mol. The number of aromatic amines is 1. The minimum absolute atomic E-state index is 0.0193. The predicted octanol–water partition coefficient (Wildman–Crippen LogP) is 4.01. The Kier molecular flexibility index (Phi) is 10.7. The van der Waals surface area contributed by atoms with E-state index in [9.17, 15) is 27.2 Å². The first-order valence-electron chi connectivity index (χ1n) is 11.5. The third-order valence-corrected chi connectivity index (χ3v) is 5.27. The van der Waals surface area contributed by atoms with E-state index in [0.29, 0.717) is 11.8 Å². The maximum absolute atomic E-state index is 14.4. The number of nitrogens with one attached hydrogen (secondary N) is 1. The standard InChI is InChI=1S/C20H22FN5O.C5H4F3N3O/c1-3-4-5-7-26(2)8-6-14-9-17(18(21)10-15(14)13-27)20-24-12-16(11-22)19(23)25-20;6-5(7,8)3-2(9)1-10-11-4(3)12/h6,8-10,12-13H,3-5,7H2,1-2H3,(H2,23,24,25);1H,(H3,9,11,12)/b8-6-;. The molecule has 3 aromatic rings. The highest BCUT2D eigenvalue weighted by molar-refractivity contribution is 5.84. The first-order valence-corrected chi connectivity index (χ1v) is 11.5. The number of rotatable bonds is 8. The van der Waals surface area contributed by atoms with Crippen molar-refractivity contribution in [2.75, 3.05) is 25.1 Å². The molecule has 0 unspecified atom stereocenters. The van der Waals surface area contributed by atoms with Crippen molar-refractivity contribution in [1.29, 1.82) is 5.26 Å². The van der Waals surface area contributed by atoms with Gasteiger partial charge < -0.3 is 16.4 Å². The molecule has 206 valence electrons. The van der Waals surface area contributed by atoms with Crippen LogP contribution in [0.25, 0.3) is 17.5 Å². The van der Waals surface area contributed by atoms with Gasteiger partial charge in [0.1, 0.15) is 28.8 Å². The highest BCUT2D eigenvalue weighted by atomic mass is 19.4. The normalized spacial score (nSPS) is 11.0. The van der Waals surface area contributed by atoms with Crippen LogP contribution in [0.15, 0.2) is 35.5 Å². The van der Waals surface area contributed by atoms with Crippen LogP contribution in [0.1, 0.15) is 53.2 Å². The molecule has 0 amide bonds. The van der Waals surface area contributed by atoms with Crippen molar-refractivity contribution in [3.63, 3.8) is 0 Å². The van der Waals surface area contributed by atoms with Crippen molar-refractivity contribution in [2.45, 2.75) is 32.4 Å². The Bertz CT molecular complexity index is 1430. The smallest absolute Gasteiger partial charge is 0.397 e. The lowest BCUT2D eigenvalue weighted by atomic mass is 10.0. The summed E-state index contributed by atoms with van der Waals surface area (Å²) < 4.78 is 50.4. The number of aromatic nitrogens is 4. The number of nitrogen functional groups attached to an aromatic ring is 2. The molecule has 5 N–H and O–H groups in total. The fraction of sp³-hybridized carbons (Fsp3) is 0.280. The van der Waals surface area contributed by atoms with E-state index < -0.39 is 28.8 Å². The largest absolute Gasteiger partial charge is 0.423 e. The maximum Gasteiger partial charge on any atom is 0.423 e. The second-order valence-corrected chi connectivity index (χ2v) is 8.21. The minimum Gasteiger partial charge on any atom is -0.397 e. The second-order valence-electron chi connectivity index (χ2n) is 8.21. The Morgan fingerprint density at radius 3 is 2.44 bits per heavy atom. The van der Waals surface area contributed by atoms with Gasteiger partial charge in [0, 0.05) is 19.2 Å². The van der Waals surface area contributed by atoms with Crippen LogP contribution in [0.4, 0.5) is 29.1 Å². The molecule has 0 aliphatic heterocycles. The zero-order valence-corrected chi connectivity index (χ0v) is 21.1. The molecule has 39 heavy (non-hydrogen) atoms. The molecule has 1 aromatic carbocycles. The van der Waals surface area contributed by atoms with E-state index in [2.05, 4.69) is 22.0 Å². The van der Waals surface area contributed by atoms with Crippen molar-refractivity contribution in [2.24, 2.45) is 0 Å². The van der Waals surface area contributed by atoms with E-state index in [0.717, 1.165) is 38.1 Å². The lowest BCUT2D eigenvalue weighted by Crippen LogP contribution is -2.24. The maximum atomic E-state index is 14.4. The van der Waals surface area contributed by atoms with Gasteiger partial charge in [-0.05, 0) is 36.4 Å². The van der Waals surface area contributed by atoms with Gasteiger partial charge in [-0.3, -0.25) is 9.59 Å². The van der Waals surface area contributed by atoms with E-state index >= 15 is 0 Å². The van der Waals surface area contributed by atoms with Gasteiger partial charge in [-0.1, -0.05) is 19.8 Å². The number of alkyl halides is 3. The zero-order chi connectivity index (χ0) is 29.2. The number of nitriles is 1. The van der Waals surface area contributed by atoms with E-state index in [4.69, 9.17) is 16.7 Å². The minimum atomic E-state index is -4.74. The number of hydrogen-bond acceptors (Lipinski definition) is 9. The molecule has 0 aliphatic rings. The molecule has 0 spiro atoms. The molecule has 0 fully saturated rings. The average molecular weight is 547 g/mol. The third-order valence-electron chi connectivity index (χ3n) is 5.27. The topological polar surface area (TPSA) is 168 Å². The van der Waals surface area contributed by atoms with Gasteiger partial charge in [0.15, 0.2) is 12.1 Å². The molecule has 14 heteroatoms. The van der Waals surface area contributed by atoms with Crippen LogP contribution < -0.4 is 17.0 Å². The van der Waals surface area contributed by atoms with E-state index in [-0.39, 0.29) is 28.3 Å². The van der Waals surface area contributed by atoms with Crippen molar-refractivity contribution in [1.82, 2.24) is 25.1 Å². The Hall–Kier alpha value is -4.80. The van der Waals surface area contributed by atoms with Gasteiger partial charge >= 0.3 is 6.18 Å². The van der Waals surface area contributed by atoms with Crippen LogP contribution in [-0.4, -0.2) is 44.9 Å². The lowest BCUT2D eigenvalue weighted by molar-refractivity contribution is -0.138. The summed E-state index contributed by atoms with van der Waals surface area (Å²) in [5, 5.41) is 13.6. The molecule has 3 rings (SSSR count). The number of benzene rings is 1. The Morgan fingerprint density at radius 1 is 1.18 bits per heavy atom. The van der Waals surface area contributed by atoms with E-state index in [1.807, 2.05) is 24.2 Å². The number of anilines is 2. The molecule has 0 saturated heterocycles. The van der Waals surface area contributed by atoms with Gasteiger partial charge in [0.05, 0.1) is 23.6 Å². The number of hydrogen-bond donors (Lipinski definition) is 3. The van der Waals surface area contributed by atoms with Gasteiger partial charge in [0.25, 0.3) is 5.56 Å². The lowest BCUT2D eigenvalue weighted by Gasteiger charge is -2.14. The van der Waals surface area contributed by atoms with E-state index in [1.54, 1.807) is 11.2 Å². The summed E-state index contributed by atoms with van der Waals surface area (Å²) >= 11 is 0. The highest BCUT2D eigenvalue weighted by Gasteiger charge is 2.36. The Balaban J connectivity index is 0.000000370. The first kappa shape index (κ1) is 30.4. The summed E-state index contributed by atoms with van der Waals surface area (Å²) in [6.07, 6.45) is 4.84. The van der Waals surface area contributed by atoms with Crippen LogP contribution in [-0.2, 0) is 6.18 Å². The first-order chi connectivity index (χ1) is 18.4. The quantitative estimate of drug-likeness (QED) is 0.215. The SMILES string of the molecule is CCCCCN(C)/C=C\c1cc(-c2ncc(C#N)c(N)n2)c(F)cc1C=O.Nc1cn[nH]c(=O)c1C(F)(F)F. The monoisotopic (exact) mass is 546 g/mol. The molecule has 0 aliphatic carbocycles. The molecule has 0 bridgehead atoms. The summed E-state index contributed by atoms with van der Waals surface area (Å²) in [5.74, 6) is -0.587. The number of halogens is 4. The Morgan fingerprint density at radius 2 is 1.90 bits per heavy atom. The number of carbonyl (C=O) groups is 1. The van der Waals surface area contributed by atoms with E-state index in [1.165, 1.54) is 12.3 Å². The number of H-pyrrole nitrogens is 1. The van der Waals surface area contributed by atoms with Crippen molar-refractivity contribution >= 4 is 23.9 Å². The Labute approximate surface area is 221 Å². The summed E-state index contributed by atoms with van der Waals surface area (Å²) in [6, 6.07) is 4.52. The van der Waals surface area contributed by atoms with Gasteiger partial charge in [-0.2, -0.15) is 23.5 Å². The molecule has 2 aromatic heterocycles. The number of aldehydes is 1. The number of unbranched alkanes of at least 4 members (excludes halogenated alkanes) is 2. The fourth-order valence-electron chi connectivity index (χ4n) is 3.23. The average Bonchev–Trinajstić information content (AvgIpc) is 2.87. The van der Waals surface area contributed by atoms with Crippen molar-refractivity contribution < 1.29 is 22.4 Å². The molecule has 0 saturated carbocycles. The molecule has 0 atom stereocenters. The number of carbonyl (C=O) groups excluding carboxylic acids is 1. The number of nitrogens with zero attached hydrogens (tertiary/aromatic N) is 5. The van der Waals surface area contributed by atoms with Crippen LogP contribution in [0.5, 0.6) is 0 Å². The third kappa shape index (κ3) is 8.35. The molecule has 0 radical (unpaired) electrons. The van der Waals surface area contributed by atoms with Crippen molar-refractivity contribution in [3.05, 3.63) is 69.2 Å².